The SMILES string of the molecule is Cc1ccc(C2=Cc3c(cc(C)c(C)c3-c3ccc(-c4ccccc4)cc3)[CH]2)o1.[Zr]. The van der Waals surface area contributed by atoms with E-state index in [1.54, 1.807) is 0 Å². The number of fused-ring (bicyclic) bond motifs is 1. The van der Waals surface area contributed by atoms with Gasteiger partial charge in [-0.2, -0.15) is 0 Å². The predicted octanol–water partition coefficient (Wildman–Crippen LogP) is 7.64. The van der Waals surface area contributed by atoms with Gasteiger partial charge in [0.05, 0.1) is 0 Å². The van der Waals surface area contributed by atoms with Gasteiger partial charge in [-0.1, -0.05) is 60.7 Å². The standard InChI is InChI=1S/C28H23O.Zr/c1-18-15-24-16-25(27-14-9-19(2)29-27)17-26(24)28(20(18)3)23-12-10-22(11-13-23)21-7-5-4-6-8-21;/h4-17H,1-3H3;. The Morgan fingerprint density at radius 3 is 2.03 bits per heavy atom. The molecule has 1 nitrogen and oxygen atoms in total. The van der Waals surface area contributed by atoms with Crippen molar-refractivity contribution in [3.05, 3.63) is 113 Å². The van der Waals surface area contributed by atoms with E-state index in [0.717, 1.165) is 17.1 Å². The first-order valence-corrected chi connectivity index (χ1v) is 10.0. The molecule has 0 fully saturated rings. The Bertz CT molecular complexity index is 1230. The molecule has 145 valence electrons. The van der Waals surface area contributed by atoms with Crippen LogP contribution in [0.5, 0.6) is 0 Å². The number of hydrogen-bond acceptors (Lipinski definition) is 1. The van der Waals surface area contributed by atoms with Crippen LogP contribution in [0.3, 0.4) is 0 Å². The Hall–Kier alpha value is -2.44. The van der Waals surface area contributed by atoms with E-state index >= 15 is 0 Å². The Morgan fingerprint density at radius 1 is 0.700 bits per heavy atom. The van der Waals surface area contributed by atoms with E-state index in [-0.39, 0.29) is 26.2 Å². The van der Waals surface area contributed by atoms with Crippen molar-refractivity contribution in [2.45, 2.75) is 20.8 Å². The zero-order chi connectivity index (χ0) is 20.0. The quantitative estimate of drug-likeness (QED) is 0.302. The summed E-state index contributed by atoms with van der Waals surface area (Å²) in [6, 6.07) is 25.8. The molecular formula is C28H23OZr. The number of allylic oxidation sites excluding steroid dienone is 1. The van der Waals surface area contributed by atoms with Crippen LogP contribution in [0.15, 0.2) is 77.2 Å². The Balaban J connectivity index is 0.00000218. The molecule has 0 N–H and O–H groups in total. The fraction of sp³-hybridized carbons (Fsp3) is 0.107. The molecule has 1 radical (unpaired) electrons. The normalized spacial score (nSPS) is 12.3. The summed E-state index contributed by atoms with van der Waals surface area (Å²) in [6.45, 7) is 6.40. The average molecular weight is 467 g/mol. The molecule has 0 atom stereocenters. The van der Waals surface area contributed by atoms with E-state index in [4.69, 9.17) is 4.42 Å². The Labute approximate surface area is 197 Å². The fourth-order valence-corrected chi connectivity index (χ4v) is 4.17. The van der Waals surface area contributed by atoms with E-state index < -0.39 is 0 Å². The van der Waals surface area contributed by atoms with Crippen LogP contribution in [0.2, 0.25) is 0 Å². The minimum Gasteiger partial charge on any atom is -0.462 e. The first-order valence-electron chi connectivity index (χ1n) is 10.0. The fourth-order valence-electron chi connectivity index (χ4n) is 4.17. The van der Waals surface area contributed by atoms with Gasteiger partial charge in [-0.25, -0.2) is 0 Å². The van der Waals surface area contributed by atoms with Crippen LogP contribution in [-0.2, 0) is 26.2 Å². The van der Waals surface area contributed by atoms with Crippen molar-refractivity contribution >= 4 is 11.6 Å². The topological polar surface area (TPSA) is 13.1 Å². The second-order valence-electron chi connectivity index (χ2n) is 7.79. The van der Waals surface area contributed by atoms with Gasteiger partial charge in [-0.15, -0.1) is 0 Å². The van der Waals surface area contributed by atoms with Gasteiger partial charge in [0, 0.05) is 38.2 Å². The van der Waals surface area contributed by atoms with Gasteiger partial charge in [0.1, 0.15) is 11.5 Å². The van der Waals surface area contributed by atoms with Crippen molar-refractivity contribution in [3.8, 4) is 22.3 Å². The molecule has 3 aromatic carbocycles. The summed E-state index contributed by atoms with van der Waals surface area (Å²) in [7, 11) is 0. The molecule has 0 saturated heterocycles. The zero-order valence-corrected chi connectivity index (χ0v) is 19.9. The average Bonchev–Trinajstić information content (AvgIpc) is 3.36. The van der Waals surface area contributed by atoms with E-state index in [0.29, 0.717) is 0 Å². The molecule has 1 heterocycles. The maximum Gasteiger partial charge on any atom is 0.130 e. The second kappa shape index (κ2) is 8.36. The smallest absolute Gasteiger partial charge is 0.130 e. The number of furan rings is 1. The molecule has 0 spiro atoms. The molecular weight excluding hydrogens is 444 g/mol. The van der Waals surface area contributed by atoms with E-state index in [2.05, 4.69) is 93.1 Å². The number of rotatable bonds is 3. The van der Waals surface area contributed by atoms with Crippen molar-refractivity contribution in [2.75, 3.05) is 0 Å². The summed E-state index contributed by atoms with van der Waals surface area (Å²) >= 11 is 0. The molecule has 0 amide bonds. The first kappa shape index (κ1) is 20.8. The molecule has 0 bridgehead atoms. The van der Waals surface area contributed by atoms with Crippen molar-refractivity contribution in [2.24, 2.45) is 0 Å². The van der Waals surface area contributed by atoms with Crippen LogP contribution in [0.4, 0.5) is 0 Å². The minimum absolute atomic E-state index is 0. The molecule has 30 heavy (non-hydrogen) atoms. The second-order valence-corrected chi connectivity index (χ2v) is 7.79. The third-order valence-electron chi connectivity index (χ3n) is 5.84. The molecule has 1 aromatic heterocycles. The summed E-state index contributed by atoms with van der Waals surface area (Å²) in [4.78, 5) is 0. The van der Waals surface area contributed by atoms with E-state index in [1.807, 2.05) is 13.0 Å². The molecule has 0 unspecified atom stereocenters. The molecule has 0 saturated carbocycles. The van der Waals surface area contributed by atoms with Crippen LogP contribution >= 0.6 is 0 Å². The van der Waals surface area contributed by atoms with Gasteiger partial charge >= 0.3 is 0 Å². The maximum atomic E-state index is 5.87. The largest absolute Gasteiger partial charge is 0.462 e. The number of hydrogen-bond donors (Lipinski definition) is 0. The molecule has 1 aliphatic carbocycles. The van der Waals surface area contributed by atoms with Crippen LogP contribution in [-0.4, -0.2) is 0 Å². The molecule has 5 rings (SSSR count). The maximum absolute atomic E-state index is 5.87. The van der Waals surface area contributed by atoms with E-state index in [9.17, 15) is 0 Å². The third kappa shape index (κ3) is 3.70. The summed E-state index contributed by atoms with van der Waals surface area (Å²) in [5.74, 6) is 1.87. The predicted molar refractivity (Wildman–Crippen MR) is 122 cm³/mol. The van der Waals surface area contributed by atoms with Crippen molar-refractivity contribution in [1.29, 1.82) is 0 Å². The Kier molecular flexibility index (Phi) is 5.80. The monoisotopic (exact) mass is 465 g/mol. The zero-order valence-electron chi connectivity index (χ0n) is 17.5. The van der Waals surface area contributed by atoms with Crippen LogP contribution in [0.25, 0.3) is 33.9 Å². The van der Waals surface area contributed by atoms with Crippen molar-refractivity contribution < 1.29 is 30.6 Å². The third-order valence-corrected chi connectivity index (χ3v) is 5.84. The summed E-state index contributed by atoms with van der Waals surface area (Å²) < 4.78 is 5.87. The van der Waals surface area contributed by atoms with Crippen LogP contribution < -0.4 is 0 Å². The minimum atomic E-state index is 0. The molecule has 4 aromatic rings. The van der Waals surface area contributed by atoms with Gasteiger partial charge in [-0.05, 0) is 83.5 Å². The van der Waals surface area contributed by atoms with Crippen molar-refractivity contribution in [3.63, 3.8) is 0 Å². The Morgan fingerprint density at radius 2 is 1.37 bits per heavy atom. The van der Waals surface area contributed by atoms with Crippen molar-refractivity contribution in [1.82, 2.24) is 0 Å². The molecule has 0 aliphatic heterocycles. The summed E-state index contributed by atoms with van der Waals surface area (Å²) in [5.41, 5.74) is 11.4. The summed E-state index contributed by atoms with van der Waals surface area (Å²) in [5, 5.41) is 0. The number of benzene rings is 3. The van der Waals surface area contributed by atoms with Gasteiger partial charge in [0.15, 0.2) is 0 Å². The summed E-state index contributed by atoms with van der Waals surface area (Å²) in [6.07, 6.45) is 4.50. The molecule has 2 heteroatoms. The number of aryl methyl sites for hydroxylation is 2. The van der Waals surface area contributed by atoms with Gasteiger partial charge < -0.3 is 4.42 Å². The van der Waals surface area contributed by atoms with Gasteiger partial charge in [0.2, 0.25) is 0 Å². The first-order chi connectivity index (χ1) is 14.1. The molecule has 1 aliphatic rings. The van der Waals surface area contributed by atoms with Crippen LogP contribution in [0.1, 0.15) is 33.8 Å². The van der Waals surface area contributed by atoms with E-state index in [1.165, 1.54) is 44.5 Å². The van der Waals surface area contributed by atoms with Gasteiger partial charge in [0.25, 0.3) is 0 Å². The van der Waals surface area contributed by atoms with Gasteiger partial charge in [-0.3, -0.25) is 0 Å². The van der Waals surface area contributed by atoms with Crippen LogP contribution in [0, 0.1) is 27.2 Å².